The first kappa shape index (κ1) is 17.0. The van der Waals surface area contributed by atoms with E-state index in [1.54, 1.807) is 31.2 Å². The first-order valence-electron chi connectivity index (χ1n) is 8.54. The number of amides is 1. The second-order valence-corrected chi connectivity index (χ2v) is 6.50. The Kier molecular flexibility index (Phi) is 5.03. The molecule has 0 radical (unpaired) electrons. The number of hydrogen-bond acceptors (Lipinski definition) is 4. The zero-order valence-corrected chi connectivity index (χ0v) is 14.5. The lowest BCUT2D eigenvalue weighted by Crippen LogP contribution is -2.45. The highest BCUT2D eigenvalue weighted by molar-refractivity contribution is 5.81. The number of aryl methyl sites for hydroxylation is 1. The van der Waals surface area contributed by atoms with Crippen molar-refractivity contribution < 1.29 is 9.53 Å². The van der Waals surface area contributed by atoms with Crippen molar-refractivity contribution in [3.8, 4) is 11.8 Å². The Bertz CT molecular complexity index is 775. The van der Waals surface area contributed by atoms with E-state index >= 15 is 0 Å². The van der Waals surface area contributed by atoms with Crippen molar-refractivity contribution in [2.24, 2.45) is 0 Å². The molecule has 1 aromatic heterocycles. The number of nitrogens with zero attached hydrogens (tertiary/aromatic N) is 3. The molecule has 0 bridgehead atoms. The number of carbonyl (C=O) groups excluding carboxylic acids is 1. The molecule has 1 aliphatic heterocycles. The number of ether oxygens (including phenoxy) is 1. The van der Waals surface area contributed by atoms with Gasteiger partial charge in [0.2, 0.25) is 0 Å². The van der Waals surface area contributed by atoms with Crippen LogP contribution in [-0.2, 0) is 4.79 Å². The van der Waals surface area contributed by atoms with Crippen LogP contribution >= 0.6 is 0 Å². The molecule has 0 aliphatic carbocycles. The molecule has 1 saturated heterocycles. The summed E-state index contributed by atoms with van der Waals surface area (Å²) >= 11 is 0. The number of hydrogen-bond donors (Lipinski definition) is 1. The summed E-state index contributed by atoms with van der Waals surface area (Å²) in [5.74, 6) is 0.849. The van der Waals surface area contributed by atoms with Gasteiger partial charge in [0.1, 0.15) is 5.75 Å². The van der Waals surface area contributed by atoms with Gasteiger partial charge in [-0.25, -0.2) is 0 Å². The molecule has 6 heteroatoms. The lowest BCUT2D eigenvalue weighted by molar-refractivity contribution is -0.139. The van der Waals surface area contributed by atoms with Crippen molar-refractivity contribution in [3.63, 3.8) is 0 Å². The third-order valence-corrected chi connectivity index (χ3v) is 4.52. The zero-order chi connectivity index (χ0) is 17.8. The van der Waals surface area contributed by atoms with Crippen LogP contribution in [0.1, 0.15) is 42.6 Å². The average Bonchev–Trinajstić information content (AvgIpc) is 3.08. The molecule has 2 heterocycles. The fourth-order valence-electron chi connectivity index (χ4n) is 3.19. The van der Waals surface area contributed by atoms with E-state index in [4.69, 9.17) is 10.00 Å². The van der Waals surface area contributed by atoms with Crippen LogP contribution in [0.4, 0.5) is 0 Å². The van der Waals surface area contributed by atoms with Gasteiger partial charge in [0.25, 0.3) is 5.91 Å². The fourth-order valence-corrected chi connectivity index (χ4v) is 3.19. The maximum absolute atomic E-state index is 12.7. The number of likely N-dealkylation sites (tertiary alicyclic amines) is 1. The van der Waals surface area contributed by atoms with Gasteiger partial charge in [-0.3, -0.25) is 9.89 Å². The third kappa shape index (κ3) is 4.00. The van der Waals surface area contributed by atoms with Crippen LogP contribution in [0.15, 0.2) is 30.3 Å². The molecule has 3 rings (SSSR count). The number of aromatic amines is 1. The fraction of sp³-hybridized carbons (Fsp3) is 0.421. The van der Waals surface area contributed by atoms with Gasteiger partial charge >= 0.3 is 0 Å². The summed E-state index contributed by atoms with van der Waals surface area (Å²) in [4.78, 5) is 14.6. The lowest BCUT2D eigenvalue weighted by atomic mass is 9.94. The molecule has 2 unspecified atom stereocenters. The van der Waals surface area contributed by atoms with Crippen LogP contribution in [0.2, 0.25) is 0 Å². The van der Waals surface area contributed by atoms with E-state index in [9.17, 15) is 4.79 Å². The minimum atomic E-state index is -0.562. The second kappa shape index (κ2) is 7.39. The summed E-state index contributed by atoms with van der Waals surface area (Å²) in [6.45, 7) is 5.17. The second-order valence-electron chi connectivity index (χ2n) is 6.50. The van der Waals surface area contributed by atoms with Crippen LogP contribution < -0.4 is 4.74 Å². The molecule has 1 amide bonds. The van der Waals surface area contributed by atoms with Gasteiger partial charge in [-0.2, -0.15) is 10.4 Å². The molecule has 2 aromatic rings. The van der Waals surface area contributed by atoms with Crippen molar-refractivity contribution in [2.75, 3.05) is 13.1 Å². The summed E-state index contributed by atoms with van der Waals surface area (Å²) in [5, 5.41) is 16.1. The van der Waals surface area contributed by atoms with E-state index < -0.39 is 6.10 Å². The van der Waals surface area contributed by atoms with Crippen LogP contribution in [0, 0.1) is 18.3 Å². The van der Waals surface area contributed by atoms with E-state index in [1.165, 1.54) is 0 Å². The Morgan fingerprint density at radius 2 is 2.20 bits per heavy atom. The molecule has 25 heavy (non-hydrogen) atoms. The van der Waals surface area contributed by atoms with E-state index in [1.807, 2.05) is 11.8 Å². The van der Waals surface area contributed by atoms with E-state index in [-0.39, 0.29) is 11.8 Å². The minimum absolute atomic E-state index is 0.0127. The smallest absolute Gasteiger partial charge is 0.263 e. The Hall–Kier alpha value is -2.81. The highest BCUT2D eigenvalue weighted by atomic mass is 16.5. The monoisotopic (exact) mass is 338 g/mol. The maximum atomic E-state index is 12.7. The summed E-state index contributed by atoms with van der Waals surface area (Å²) in [6.07, 6.45) is 1.44. The van der Waals surface area contributed by atoms with Crippen molar-refractivity contribution in [3.05, 3.63) is 47.3 Å². The number of benzene rings is 1. The number of carbonyl (C=O) groups is 1. The molecule has 6 nitrogen and oxygen atoms in total. The minimum Gasteiger partial charge on any atom is -0.481 e. The molecule has 2 atom stereocenters. The first-order valence-corrected chi connectivity index (χ1v) is 8.54. The van der Waals surface area contributed by atoms with Gasteiger partial charge in [0, 0.05) is 24.7 Å². The van der Waals surface area contributed by atoms with Crippen molar-refractivity contribution in [2.45, 2.75) is 38.7 Å². The van der Waals surface area contributed by atoms with Crippen LogP contribution in [0.25, 0.3) is 0 Å². The molecule has 0 spiro atoms. The summed E-state index contributed by atoms with van der Waals surface area (Å²) in [6, 6.07) is 10.9. The van der Waals surface area contributed by atoms with Gasteiger partial charge in [0.05, 0.1) is 17.3 Å². The summed E-state index contributed by atoms with van der Waals surface area (Å²) in [7, 11) is 0. The Morgan fingerprint density at radius 1 is 1.44 bits per heavy atom. The Balaban J connectivity index is 1.61. The number of nitriles is 1. The topological polar surface area (TPSA) is 82.0 Å². The number of aromatic nitrogens is 2. The molecule has 1 aliphatic rings. The molecular formula is C19H22N4O2. The normalized spacial score (nSPS) is 18.4. The molecule has 130 valence electrons. The zero-order valence-electron chi connectivity index (χ0n) is 14.5. The van der Waals surface area contributed by atoms with Crippen LogP contribution in [0.5, 0.6) is 5.75 Å². The molecule has 1 aromatic carbocycles. The summed E-state index contributed by atoms with van der Waals surface area (Å²) in [5.41, 5.74) is 2.63. The summed E-state index contributed by atoms with van der Waals surface area (Å²) < 4.78 is 5.75. The lowest BCUT2D eigenvalue weighted by Gasteiger charge is -2.33. The van der Waals surface area contributed by atoms with Gasteiger partial charge in [-0.15, -0.1) is 0 Å². The number of rotatable bonds is 4. The molecule has 1 fully saturated rings. The van der Waals surface area contributed by atoms with Crippen molar-refractivity contribution in [1.29, 1.82) is 5.26 Å². The van der Waals surface area contributed by atoms with Crippen molar-refractivity contribution in [1.82, 2.24) is 15.1 Å². The Labute approximate surface area is 147 Å². The van der Waals surface area contributed by atoms with E-state index in [2.05, 4.69) is 22.3 Å². The van der Waals surface area contributed by atoms with Gasteiger partial charge in [0.15, 0.2) is 6.10 Å². The van der Waals surface area contributed by atoms with Gasteiger partial charge in [-0.05, 0) is 57.0 Å². The molecule has 0 saturated carbocycles. The number of piperidine rings is 1. The standard InChI is InChI=1S/C19H22N4O2/c1-13-10-18(22-21-13)16-4-3-9-23(12-16)19(24)14(2)25-17-7-5-15(11-20)6-8-17/h5-8,10,14,16H,3-4,9,12H2,1-2H3,(H,21,22). The largest absolute Gasteiger partial charge is 0.481 e. The predicted octanol–water partition coefficient (Wildman–Crippen LogP) is 2.76. The average molecular weight is 338 g/mol. The number of H-pyrrole nitrogens is 1. The Morgan fingerprint density at radius 3 is 2.84 bits per heavy atom. The SMILES string of the molecule is Cc1cc(C2CCCN(C(=O)C(C)Oc3ccc(C#N)cc3)C2)n[nH]1. The highest BCUT2D eigenvalue weighted by Gasteiger charge is 2.29. The quantitative estimate of drug-likeness (QED) is 0.929. The van der Waals surface area contributed by atoms with Crippen LogP contribution in [0.3, 0.4) is 0 Å². The van der Waals surface area contributed by atoms with Crippen molar-refractivity contribution >= 4 is 5.91 Å². The molecule has 1 N–H and O–H groups in total. The van der Waals surface area contributed by atoms with E-state index in [0.717, 1.165) is 30.8 Å². The predicted molar refractivity (Wildman–Crippen MR) is 93.1 cm³/mol. The van der Waals surface area contributed by atoms with E-state index in [0.29, 0.717) is 17.9 Å². The van der Waals surface area contributed by atoms with Gasteiger partial charge in [-0.1, -0.05) is 0 Å². The van der Waals surface area contributed by atoms with Crippen LogP contribution in [-0.4, -0.2) is 40.2 Å². The highest BCUT2D eigenvalue weighted by Crippen LogP contribution is 2.26. The van der Waals surface area contributed by atoms with Gasteiger partial charge < -0.3 is 9.64 Å². The maximum Gasteiger partial charge on any atom is 0.263 e. The number of nitrogens with one attached hydrogen (secondary N) is 1. The first-order chi connectivity index (χ1) is 12.1. The molecular weight excluding hydrogens is 316 g/mol. The third-order valence-electron chi connectivity index (χ3n) is 4.52.